The zero-order valence-electron chi connectivity index (χ0n) is 16.9. The van der Waals surface area contributed by atoms with Crippen LogP contribution < -0.4 is 10.0 Å². The molecular formula is C22H24FN3O4S. The van der Waals surface area contributed by atoms with Crippen LogP contribution in [0, 0.1) is 17.7 Å². The maximum Gasteiger partial charge on any atom is 0.261 e. The topological polar surface area (TPSA) is 95.6 Å². The van der Waals surface area contributed by atoms with E-state index in [1.54, 1.807) is 0 Å². The fraction of sp³-hybridized carbons (Fsp3) is 0.364. The van der Waals surface area contributed by atoms with Crippen LogP contribution in [-0.4, -0.2) is 38.2 Å². The first kappa shape index (κ1) is 21.3. The molecule has 1 heterocycles. The Kier molecular flexibility index (Phi) is 5.95. The van der Waals surface area contributed by atoms with Crippen molar-refractivity contribution in [1.82, 2.24) is 4.90 Å². The van der Waals surface area contributed by atoms with E-state index in [4.69, 9.17) is 0 Å². The number of rotatable bonds is 6. The number of carbonyl (C=O) groups excluding carboxylic acids is 2. The molecule has 2 aromatic rings. The van der Waals surface area contributed by atoms with Gasteiger partial charge < -0.3 is 10.2 Å². The normalized spacial score (nSPS) is 17.3. The van der Waals surface area contributed by atoms with Crippen molar-refractivity contribution in [3.63, 3.8) is 0 Å². The van der Waals surface area contributed by atoms with Crippen LogP contribution in [0.2, 0.25) is 0 Å². The summed E-state index contributed by atoms with van der Waals surface area (Å²) in [6, 6.07) is 11.0. The van der Waals surface area contributed by atoms with E-state index in [2.05, 4.69) is 10.0 Å². The van der Waals surface area contributed by atoms with Crippen molar-refractivity contribution in [3.05, 3.63) is 54.3 Å². The fourth-order valence-electron chi connectivity index (χ4n) is 3.68. The van der Waals surface area contributed by atoms with Crippen LogP contribution in [0.5, 0.6) is 0 Å². The summed E-state index contributed by atoms with van der Waals surface area (Å²) in [5.74, 6) is -0.451. The maximum atomic E-state index is 13.3. The van der Waals surface area contributed by atoms with Crippen molar-refractivity contribution in [2.24, 2.45) is 11.8 Å². The number of benzene rings is 2. The Morgan fingerprint density at radius 3 is 2.19 bits per heavy atom. The second-order valence-corrected chi connectivity index (χ2v) is 9.69. The number of piperidine rings is 1. The average molecular weight is 446 g/mol. The molecule has 1 saturated carbocycles. The number of hydrogen-bond donors (Lipinski definition) is 2. The molecule has 31 heavy (non-hydrogen) atoms. The summed E-state index contributed by atoms with van der Waals surface area (Å²) < 4.78 is 40.6. The van der Waals surface area contributed by atoms with Gasteiger partial charge in [-0.1, -0.05) is 6.07 Å². The lowest BCUT2D eigenvalue weighted by atomic mass is 9.95. The number of nitrogens with one attached hydrogen (secondary N) is 2. The predicted molar refractivity (Wildman–Crippen MR) is 114 cm³/mol. The van der Waals surface area contributed by atoms with E-state index in [1.165, 1.54) is 42.5 Å². The summed E-state index contributed by atoms with van der Waals surface area (Å²) >= 11 is 0. The SMILES string of the molecule is O=C(Nc1ccc(S(=O)(=O)Nc2cccc(F)c2)cc1)C1CCN(C(=O)C2CC2)CC1. The Bertz CT molecular complexity index is 1080. The van der Waals surface area contributed by atoms with Gasteiger partial charge in [0, 0.05) is 30.6 Å². The minimum absolute atomic E-state index is 0.00153. The van der Waals surface area contributed by atoms with E-state index in [1.807, 2.05) is 4.90 Å². The summed E-state index contributed by atoms with van der Waals surface area (Å²) in [7, 11) is -3.88. The summed E-state index contributed by atoms with van der Waals surface area (Å²) in [6.07, 6.45) is 3.19. The minimum Gasteiger partial charge on any atom is -0.342 e. The summed E-state index contributed by atoms with van der Waals surface area (Å²) in [5.41, 5.74) is 0.620. The molecule has 164 valence electrons. The largest absolute Gasteiger partial charge is 0.342 e. The van der Waals surface area contributed by atoms with Gasteiger partial charge >= 0.3 is 0 Å². The van der Waals surface area contributed by atoms with Crippen molar-refractivity contribution < 1.29 is 22.4 Å². The smallest absolute Gasteiger partial charge is 0.261 e. The number of likely N-dealkylation sites (tertiary alicyclic amines) is 1. The second kappa shape index (κ2) is 8.66. The summed E-state index contributed by atoms with van der Waals surface area (Å²) in [6.45, 7) is 1.19. The average Bonchev–Trinajstić information content (AvgIpc) is 3.59. The van der Waals surface area contributed by atoms with Crippen LogP contribution in [0.3, 0.4) is 0 Å². The molecule has 0 aromatic heterocycles. The Hall–Kier alpha value is -2.94. The van der Waals surface area contributed by atoms with Crippen LogP contribution in [0.1, 0.15) is 25.7 Å². The quantitative estimate of drug-likeness (QED) is 0.714. The molecule has 2 N–H and O–H groups in total. The van der Waals surface area contributed by atoms with Gasteiger partial charge in [0.15, 0.2) is 0 Å². The minimum atomic E-state index is -3.88. The van der Waals surface area contributed by atoms with Crippen molar-refractivity contribution in [2.75, 3.05) is 23.1 Å². The molecule has 0 radical (unpaired) electrons. The zero-order chi connectivity index (χ0) is 22.0. The maximum absolute atomic E-state index is 13.3. The molecule has 0 bridgehead atoms. The molecule has 1 aliphatic carbocycles. The van der Waals surface area contributed by atoms with E-state index >= 15 is 0 Å². The highest BCUT2D eigenvalue weighted by Crippen LogP contribution is 2.32. The number of carbonyl (C=O) groups is 2. The van der Waals surface area contributed by atoms with Crippen molar-refractivity contribution in [2.45, 2.75) is 30.6 Å². The van der Waals surface area contributed by atoms with Crippen molar-refractivity contribution >= 4 is 33.2 Å². The van der Waals surface area contributed by atoms with Gasteiger partial charge in [-0.2, -0.15) is 0 Å². The monoisotopic (exact) mass is 445 g/mol. The van der Waals surface area contributed by atoms with Gasteiger partial charge in [0.2, 0.25) is 11.8 Å². The molecule has 0 atom stereocenters. The van der Waals surface area contributed by atoms with E-state index < -0.39 is 15.8 Å². The molecule has 2 aliphatic rings. The van der Waals surface area contributed by atoms with Gasteiger partial charge in [0.05, 0.1) is 10.6 Å². The first-order valence-electron chi connectivity index (χ1n) is 10.3. The van der Waals surface area contributed by atoms with Gasteiger partial charge in [-0.15, -0.1) is 0 Å². The van der Waals surface area contributed by atoms with Crippen LogP contribution in [0.15, 0.2) is 53.4 Å². The third-order valence-corrected chi connectivity index (χ3v) is 7.01. The van der Waals surface area contributed by atoms with E-state index in [9.17, 15) is 22.4 Å². The summed E-state index contributed by atoms with van der Waals surface area (Å²) in [5, 5.41) is 2.82. The molecule has 0 unspecified atom stereocenters. The first-order valence-corrected chi connectivity index (χ1v) is 11.8. The van der Waals surface area contributed by atoms with E-state index in [0.29, 0.717) is 31.6 Å². The number of anilines is 2. The Morgan fingerprint density at radius 1 is 0.903 bits per heavy atom. The Balaban J connectivity index is 1.33. The molecule has 7 nitrogen and oxygen atoms in total. The standard InChI is InChI=1S/C22H24FN3O4S/c23-17-2-1-3-19(14-17)25-31(29,30)20-8-6-18(7-9-20)24-21(27)15-10-12-26(13-11-15)22(28)16-4-5-16/h1-3,6-9,14-16,25H,4-5,10-13H2,(H,24,27). The van der Waals surface area contributed by atoms with Crippen molar-refractivity contribution in [3.8, 4) is 0 Å². The predicted octanol–water partition coefficient (Wildman–Crippen LogP) is 3.21. The van der Waals surface area contributed by atoms with Gasteiger partial charge in [-0.25, -0.2) is 12.8 Å². The highest BCUT2D eigenvalue weighted by Gasteiger charge is 2.36. The Morgan fingerprint density at radius 2 is 1.58 bits per heavy atom. The third-order valence-electron chi connectivity index (χ3n) is 5.61. The van der Waals surface area contributed by atoms with E-state index in [-0.39, 0.29) is 34.2 Å². The van der Waals surface area contributed by atoms with Gasteiger partial charge in [0.25, 0.3) is 10.0 Å². The lowest BCUT2D eigenvalue weighted by Crippen LogP contribution is -2.42. The highest BCUT2D eigenvalue weighted by atomic mass is 32.2. The van der Waals surface area contributed by atoms with Gasteiger partial charge in [-0.3, -0.25) is 14.3 Å². The molecule has 0 spiro atoms. The second-order valence-electron chi connectivity index (χ2n) is 8.00. The number of nitrogens with zero attached hydrogens (tertiary/aromatic N) is 1. The molecule has 1 saturated heterocycles. The fourth-order valence-corrected chi connectivity index (χ4v) is 4.73. The lowest BCUT2D eigenvalue weighted by Gasteiger charge is -2.31. The van der Waals surface area contributed by atoms with E-state index in [0.717, 1.165) is 18.9 Å². The number of amides is 2. The van der Waals surface area contributed by atoms with Crippen LogP contribution in [-0.2, 0) is 19.6 Å². The third kappa shape index (κ3) is 5.22. The molecule has 2 fully saturated rings. The number of sulfonamides is 1. The van der Waals surface area contributed by atoms with Gasteiger partial charge in [0.1, 0.15) is 5.82 Å². The Labute approximate surface area is 180 Å². The molecule has 9 heteroatoms. The molecule has 2 amide bonds. The molecule has 2 aromatic carbocycles. The molecular weight excluding hydrogens is 421 g/mol. The lowest BCUT2D eigenvalue weighted by molar-refractivity contribution is -0.135. The summed E-state index contributed by atoms with van der Waals surface area (Å²) in [4.78, 5) is 26.5. The highest BCUT2D eigenvalue weighted by molar-refractivity contribution is 7.92. The number of hydrogen-bond acceptors (Lipinski definition) is 4. The van der Waals surface area contributed by atoms with Gasteiger partial charge in [-0.05, 0) is 68.1 Å². The van der Waals surface area contributed by atoms with Crippen LogP contribution >= 0.6 is 0 Å². The van der Waals surface area contributed by atoms with Crippen molar-refractivity contribution in [1.29, 1.82) is 0 Å². The van der Waals surface area contributed by atoms with Crippen LogP contribution in [0.4, 0.5) is 15.8 Å². The van der Waals surface area contributed by atoms with Crippen LogP contribution in [0.25, 0.3) is 0 Å². The molecule has 4 rings (SSSR count). The zero-order valence-corrected chi connectivity index (χ0v) is 17.7. The number of halogens is 1. The first-order chi connectivity index (χ1) is 14.8. The molecule has 1 aliphatic heterocycles.